The van der Waals surface area contributed by atoms with E-state index in [1.54, 1.807) is 59.0 Å². The summed E-state index contributed by atoms with van der Waals surface area (Å²) >= 11 is 0. The standard InChI is InChI=1S/C8H9NO3.C7H9BO2.C6H5NO4.C6H7NS2.C5H5NO2/c1-5-2-3-7(10)6(4-5)8(11)9-12;1-6-3-2-4-7(5-6)8(9)10;1-4(8)11-7-5(9)2-3-6(7)10;1-8-9-6-4-2-3-5-7-6;1-6-4(7)2-3-5(6)8/h2-4,10,12H,1H3,(H,9,11);2-5,9-10H,1H3;2-3H,1H3;2-5H,1H3;2-3H,1H3. The van der Waals surface area contributed by atoms with Crippen molar-refractivity contribution >= 4 is 69.7 Å². The fourth-order valence-corrected chi connectivity index (χ4v) is 4.50. The molecule has 5 amide bonds. The molecule has 0 radical (unpaired) electrons. The molecule has 5 N–H and O–H groups in total. The van der Waals surface area contributed by atoms with E-state index >= 15 is 0 Å². The number of nitrogens with zero attached hydrogens (tertiary/aromatic N) is 3. The van der Waals surface area contributed by atoms with Crippen LogP contribution in [0, 0.1) is 13.8 Å². The molecule has 2 aliphatic rings. The molecule has 50 heavy (non-hydrogen) atoms. The van der Waals surface area contributed by atoms with Crippen LogP contribution in [0.5, 0.6) is 5.75 Å². The monoisotopic (exact) mass is 726 g/mol. The highest BCUT2D eigenvalue weighted by molar-refractivity contribution is 8.76. The first-order valence-electron chi connectivity index (χ1n) is 14.1. The average Bonchev–Trinajstić information content (AvgIpc) is 3.56. The van der Waals surface area contributed by atoms with Crippen molar-refractivity contribution < 1.29 is 54.0 Å². The molecule has 15 nitrogen and oxygen atoms in total. The normalized spacial score (nSPS) is 12.3. The van der Waals surface area contributed by atoms with Gasteiger partial charge in [-0.3, -0.25) is 34.1 Å². The smallest absolute Gasteiger partial charge is 0.488 e. The summed E-state index contributed by atoms with van der Waals surface area (Å²) in [6.45, 7) is 4.80. The first-order chi connectivity index (χ1) is 23.6. The van der Waals surface area contributed by atoms with Crippen LogP contribution in [-0.4, -0.2) is 91.2 Å². The average molecular weight is 727 g/mol. The van der Waals surface area contributed by atoms with Crippen molar-refractivity contribution in [1.29, 1.82) is 0 Å². The number of imide groups is 2. The second-order valence-electron chi connectivity index (χ2n) is 9.62. The molecule has 5 rings (SSSR count). The Kier molecular flexibility index (Phi) is 19.1. The number of carbonyl (C=O) groups is 6. The largest absolute Gasteiger partial charge is 0.507 e. The van der Waals surface area contributed by atoms with Crippen LogP contribution in [0.15, 0.2) is 96.2 Å². The lowest BCUT2D eigenvalue weighted by atomic mass is 9.80. The summed E-state index contributed by atoms with van der Waals surface area (Å²) in [5.74, 6) is -3.31. The van der Waals surface area contributed by atoms with Crippen molar-refractivity contribution in [2.75, 3.05) is 13.3 Å². The number of likely N-dealkylation sites (N-methyl/N-ethyl adjacent to an activating group) is 1. The van der Waals surface area contributed by atoms with Gasteiger partial charge in [-0.1, -0.05) is 63.4 Å². The molecule has 3 aromatic rings. The van der Waals surface area contributed by atoms with E-state index in [-0.39, 0.29) is 23.1 Å². The van der Waals surface area contributed by atoms with Crippen LogP contribution in [0.25, 0.3) is 0 Å². The lowest BCUT2D eigenvalue weighted by molar-refractivity contribution is -0.194. The lowest BCUT2D eigenvalue weighted by Gasteiger charge is -2.09. The zero-order chi connectivity index (χ0) is 37.8. The molecule has 2 aromatic carbocycles. The fourth-order valence-electron chi connectivity index (χ4n) is 3.28. The first-order valence-corrected chi connectivity index (χ1v) is 16.7. The highest BCUT2D eigenvalue weighted by Gasteiger charge is 2.26. The van der Waals surface area contributed by atoms with E-state index in [0.717, 1.165) is 40.1 Å². The van der Waals surface area contributed by atoms with Crippen LogP contribution in [0.4, 0.5) is 0 Å². The molecule has 0 spiro atoms. The van der Waals surface area contributed by atoms with Gasteiger partial charge in [0.15, 0.2) is 0 Å². The zero-order valence-electron chi connectivity index (χ0n) is 27.5. The molecule has 0 saturated carbocycles. The van der Waals surface area contributed by atoms with Gasteiger partial charge in [0.05, 0.1) is 5.56 Å². The molecule has 0 fully saturated rings. The number of pyridine rings is 1. The van der Waals surface area contributed by atoms with E-state index < -0.39 is 30.8 Å². The number of hydrogen-bond acceptors (Lipinski definition) is 14. The van der Waals surface area contributed by atoms with Crippen LogP contribution < -0.4 is 10.9 Å². The zero-order valence-corrected chi connectivity index (χ0v) is 29.2. The fraction of sp³-hybridized carbons (Fsp3) is 0.156. The molecule has 2 aliphatic heterocycles. The molecule has 264 valence electrons. The van der Waals surface area contributed by atoms with E-state index in [1.807, 2.05) is 37.4 Å². The number of nitrogens with one attached hydrogen (secondary N) is 1. The van der Waals surface area contributed by atoms with Crippen molar-refractivity contribution in [3.8, 4) is 5.75 Å². The minimum absolute atomic E-state index is 0.0671. The Morgan fingerprint density at radius 3 is 1.84 bits per heavy atom. The second-order valence-corrected chi connectivity index (χ2v) is 12.0. The summed E-state index contributed by atoms with van der Waals surface area (Å²) in [6, 6.07) is 17.6. The Morgan fingerprint density at radius 2 is 1.42 bits per heavy atom. The topological polar surface area (TPSA) is 224 Å². The maximum atomic E-state index is 10.9. The van der Waals surface area contributed by atoms with Gasteiger partial charge in [0.2, 0.25) is 0 Å². The van der Waals surface area contributed by atoms with E-state index in [9.17, 15) is 28.8 Å². The van der Waals surface area contributed by atoms with E-state index in [0.29, 0.717) is 10.5 Å². The highest BCUT2D eigenvalue weighted by Crippen LogP contribution is 2.25. The van der Waals surface area contributed by atoms with Gasteiger partial charge in [-0.15, -0.1) is 0 Å². The van der Waals surface area contributed by atoms with Gasteiger partial charge in [0, 0.05) is 44.5 Å². The van der Waals surface area contributed by atoms with Crippen LogP contribution >= 0.6 is 21.6 Å². The van der Waals surface area contributed by atoms with E-state index in [2.05, 4.69) is 9.82 Å². The predicted octanol–water partition coefficient (Wildman–Crippen LogP) is 1.88. The van der Waals surface area contributed by atoms with Crippen molar-refractivity contribution in [2.24, 2.45) is 0 Å². The van der Waals surface area contributed by atoms with Gasteiger partial charge in [-0.05, 0) is 60.6 Å². The summed E-state index contributed by atoms with van der Waals surface area (Å²) in [7, 11) is 3.49. The molecule has 0 atom stereocenters. The Bertz CT molecular complexity index is 1670. The molecule has 0 aliphatic carbocycles. The molecule has 18 heteroatoms. The van der Waals surface area contributed by atoms with Crippen LogP contribution in [0.2, 0.25) is 0 Å². The lowest BCUT2D eigenvalue weighted by Crippen LogP contribution is -2.31. The number of phenolic OH excluding ortho intramolecular Hbond substituents is 1. The number of hydroxylamine groups is 3. The van der Waals surface area contributed by atoms with Crippen molar-refractivity contribution in [1.82, 2.24) is 20.4 Å². The third kappa shape index (κ3) is 15.8. The Balaban J connectivity index is 0.000000314. The van der Waals surface area contributed by atoms with Crippen LogP contribution in [-0.2, 0) is 28.8 Å². The number of amides is 5. The minimum Gasteiger partial charge on any atom is -0.507 e. The minimum atomic E-state index is -1.35. The third-order valence-electron chi connectivity index (χ3n) is 5.66. The number of hydrogen-bond donors (Lipinski definition) is 5. The first kappa shape index (κ1) is 42.8. The molecular formula is C32H35BN4O11S2. The summed E-state index contributed by atoms with van der Waals surface area (Å²) in [5.41, 5.74) is 3.93. The molecule has 0 unspecified atom stereocenters. The molecule has 3 heterocycles. The van der Waals surface area contributed by atoms with E-state index in [4.69, 9.17) is 20.4 Å². The number of phenols is 1. The molecule has 0 bridgehead atoms. The summed E-state index contributed by atoms with van der Waals surface area (Å²) < 4.78 is 0. The summed E-state index contributed by atoms with van der Waals surface area (Å²) in [4.78, 5) is 72.7. The van der Waals surface area contributed by atoms with Gasteiger partial charge >= 0.3 is 13.1 Å². The number of aryl methyl sites for hydroxylation is 2. The van der Waals surface area contributed by atoms with Gasteiger partial charge in [0.25, 0.3) is 29.5 Å². The van der Waals surface area contributed by atoms with Gasteiger partial charge in [-0.25, -0.2) is 15.3 Å². The molecular weight excluding hydrogens is 691 g/mol. The predicted molar refractivity (Wildman–Crippen MR) is 186 cm³/mol. The third-order valence-corrected chi connectivity index (χ3v) is 7.25. The number of aromatic nitrogens is 1. The molecule has 0 saturated heterocycles. The van der Waals surface area contributed by atoms with Crippen LogP contribution in [0.3, 0.4) is 0 Å². The van der Waals surface area contributed by atoms with E-state index in [1.165, 1.54) is 36.8 Å². The SMILES string of the molecule is CC(=O)ON1C(=O)C=CC1=O.CN1C(=O)C=CC1=O.CSSc1ccccn1.Cc1ccc(O)c(C(=O)NO)c1.Cc1cccc(B(O)O)c1. The van der Waals surface area contributed by atoms with Crippen molar-refractivity contribution in [2.45, 2.75) is 25.8 Å². The number of aromatic hydroxyl groups is 1. The van der Waals surface area contributed by atoms with Crippen LogP contribution in [0.1, 0.15) is 28.4 Å². The van der Waals surface area contributed by atoms with Crippen molar-refractivity contribution in [3.05, 3.63) is 108 Å². The Labute approximate surface area is 296 Å². The Morgan fingerprint density at radius 1 is 0.840 bits per heavy atom. The maximum absolute atomic E-state index is 10.9. The second kappa shape index (κ2) is 22.4. The number of benzene rings is 2. The summed E-state index contributed by atoms with van der Waals surface area (Å²) in [5, 5.41) is 36.3. The van der Waals surface area contributed by atoms with Gasteiger partial charge in [0.1, 0.15) is 10.8 Å². The Hall–Kier alpha value is -5.27. The highest BCUT2D eigenvalue weighted by atomic mass is 33.1. The summed E-state index contributed by atoms with van der Waals surface area (Å²) in [6.07, 6.45) is 8.42. The number of carbonyl (C=O) groups excluding carboxylic acids is 6. The van der Waals surface area contributed by atoms with Crippen molar-refractivity contribution in [3.63, 3.8) is 0 Å². The maximum Gasteiger partial charge on any atom is 0.488 e. The number of rotatable bonds is 5. The molecule has 1 aromatic heterocycles. The van der Waals surface area contributed by atoms with Gasteiger partial charge < -0.3 is 20.0 Å². The quantitative estimate of drug-likeness (QED) is 0.0833. The van der Waals surface area contributed by atoms with Gasteiger partial charge in [-0.2, -0.15) is 0 Å².